The third-order valence-corrected chi connectivity index (χ3v) is 6.48. The molecule has 2 N–H and O–H groups in total. The van der Waals surface area contributed by atoms with Crippen molar-refractivity contribution in [1.29, 1.82) is 0 Å². The van der Waals surface area contributed by atoms with Gasteiger partial charge in [-0.3, -0.25) is 0 Å². The maximum atomic E-state index is 10.7. The third kappa shape index (κ3) is 4.83. The van der Waals surface area contributed by atoms with Gasteiger partial charge in [0.2, 0.25) is 0 Å². The zero-order chi connectivity index (χ0) is 22.8. The lowest BCUT2D eigenvalue weighted by Gasteiger charge is -2.15. The monoisotopic (exact) mass is 502 g/mol. The van der Waals surface area contributed by atoms with Gasteiger partial charge in [-0.25, -0.2) is 0 Å². The van der Waals surface area contributed by atoms with E-state index in [9.17, 15) is 10.2 Å². The van der Waals surface area contributed by atoms with Crippen LogP contribution in [0, 0.1) is 0 Å². The summed E-state index contributed by atoms with van der Waals surface area (Å²) in [6.07, 6.45) is 3.07. The quantitative estimate of drug-likeness (QED) is 0.264. The van der Waals surface area contributed by atoms with Gasteiger partial charge in [0, 0.05) is 0 Å². The van der Waals surface area contributed by atoms with Crippen LogP contribution in [0.2, 0.25) is 0 Å². The molecule has 0 saturated heterocycles. The molecule has 166 valence electrons. The molecule has 0 unspecified atom stereocenters. The standard InChI is InChI=1S/C28H23BrO4/c29-24-14-11-21-10-6-18-7-12-22(13-8-18)32-26-17-20(9-15-25(26)30)5-4-19-2-1-3-23(16-19)33-28(21)27(24)31/h1-3,7-9,11-17,30-31H,4-6,10H2. The van der Waals surface area contributed by atoms with Crippen molar-refractivity contribution in [2.75, 3.05) is 0 Å². The second-order valence-corrected chi connectivity index (χ2v) is 9.04. The largest absolute Gasteiger partial charge is 0.504 e. The topological polar surface area (TPSA) is 58.9 Å². The maximum absolute atomic E-state index is 10.7. The fourth-order valence-corrected chi connectivity index (χ4v) is 4.31. The van der Waals surface area contributed by atoms with Crippen LogP contribution in [0.3, 0.4) is 0 Å². The first-order valence-corrected chi connectivity index (χ1v) is 11.7. The van der Waals surface area contributed by atoms with Gasteiger partial charge in [-0.1, -0.05) is 36.4 Å². The van der Waals surface area contributed by atoms with Crippen LogP contribution in [0.5, 0.6) is 34.5 Å². The summed E-state index contributed by atoms with van der Waals surface area (Å²) >= 11 is 3.41. The number of benzene rings is 4. The summed E-state index contributed by atoms with van der Waals surface area (Å²) in [6.45, 7) is 0. The zero-order valence-electron chi connectivity index (χ0n) is 17.9. The predicted molar refractivity (Wildman–Crippen MR) is 132 cm³/mol. The number of hydrogen-bond donors (Lipinski definition) is 2. The van der Waals surface area contributed by atoms with Crippen molar-refractivity contribution in [3.8, 4) is 34.5 Å². The Morgan fingerprint density at radius 3 is 2.18 bits per heavy atom. The lowest BCUT2D eigenvalue weighted by atomic mass is 10.0. The average Bonchev–Trinajstić information content (AvgIpc) is 2.83. The molecule has 6 bridgehead atoms. The third-order valence-electron chi connectivity index (χ3n) is 5.84. The van der Waals surface area contributed by atoms with Crippen molar-refractivity contribution in [3.05, 3.63) is 106 Å². The Bertz CT molecular complexity index is 1300. The highest BCUT2D eigenvalue weighted by Gasteiger charge is 2.15. The van der Waals surface area contributed by atoms with Crippen molar-refractivity contribution >= 4 is 15.9 Å². The van der Waals surface area contributed by atoms with E-state index in [1.54, 1.807) is 6.07 Å². The molecule has 2 aliphatic heterocycles. The average molecular weight is 503 g/mol. The fourth-order valence-electron chi connectivity index (χ4n) is 4.00. The summed E-state index contributed by atoms with van der Waals surface area (Å²) in [5, 5.41) is 21.0. The summed E-state index contributed by atoms with van der Waals surface area (Å²) in [7, 11) is 0. The van der Waals surface area contributed by atoms with Crippen LogP contribution >= 0.6 is 15.9 Å². The number of aryl methyl sites for hydroxylation is 4. The van der Waals surface area contributed by atoms with Gasteiger partial charge in [0.15, 0.2) is 23.0 Å². The van der Waals surface area contributed by atoms with Gasteiger partial charge in [-0.05, 0) is 106 Å². The smallest absolute Gasteiger partial charge is 0.173 e. The number of hydrogen-bond acceptors (Lipinski definition) is 4. The molecular formula is C28H23BrO4. The van der Waals surface area contributed by atoms with Crippen LogP contribution in [0.25, 0.3) is 0 Å². The molecule has 0 radical (unpaired) electrons. The Hall–Kier alpha value is -3.44. The predicted octanol–water partition coefficient (Wildman–Crippen LogP) is 7.33. The number of ether oxygens (including phenoxy) is 2. The number of aromatic hydroxyl groups is 2. The van der Waals surface area contributed by atoms with Crippen LogP contribution < -0.4 is 9.47 Å². The zero-order valence-corrected chi connectivity index (χ0v) is 19.5. The minimum atomic E-state index is 0.104. The van der Waals surface area contributed by atoms with Gasteiger partial charge >= 0.3 is 0 Å². The summed E-state index contributed by atoms with van der Waals surface area (Å²) < 4.78 is 12.8. The number of phenols is 2. The molecule has 4 aromatic rings. The molecule has 4 aromatic carbocycles. The van der Waals surface area contributed by atoms with E-state index in [-0.39, 0.29) is 11.5 Å². The van der Waals surface area contributed by atoms with E-state index >= 15 is 0 Å². The van der Waals surface area contributed by atoms with E-state index in [1.165, 1.54) is 0 Å². The molecule has 0 amide bonds. The van der Waals surface area contributed by atoms with Gasteiger partial charge < -0.3 is 19.7 Å². The highest BCUT2D eigenvalue weighted by molar-refractivity contribution is 9.10. The van der Waals surface area contributed by atoms with E-state index in [2.05, 4.69) is 22.0 Å². The van der Waals surface area contributed by atoms with E-state index in [4.69, 9.17) is 9.47 Å². The van der Waals surface area contributed by atoms with Gasteiger partial charge in [-0.15, -0.1) is 0 Å². The summed E-state index contributed by atoms with van der Waals surface area (Å²) in [5.41, 5.74) is 4.26. The summed E-state index contributed by atoms with van der Waals surface area (Å²) in [4.78, 5) is 0. The van der Waals surface area contributed by atoms with E-state index in [0.717, 1.165) is 41.5 Å². The number of halogens is 1. The first kappa shape index (κ1) is 21.4. The maximum Gasteiger partial charge on any atom is 0.173 e. The first-order chi connectivity index (χ1) is 16.0. The fraction of sp³-hybridized carbons (Fsp3) is 0.143. The summed E-state index contributed by atoms with van der Waals surface area (Å²) in [5.74, 6) is 2.51. The van der Waals surface area contributed by atoms with Crippen molar-refractivity contribution in [2.24, 2.45) is 0 Å². The number of fused-ring (bicyclic) bond motifs is 4. The van der Waals surface area contributed by atoms with Gasteiger partial charge in [-0.2, -0.15) is 0 Å². The highest BCUT2D eigenvalue weighted by atomic mass is 79.9. The second kappa shape index (κ2) is 9.20. The van der Waals surface area contributed by atoms with Crippen molar-refractivity contribution in [3.63, 3.8) is 0 Å². The SMILES string of the molecule is Oc1ccc2cc1Oc1ccc(cc1)CCc1ccc(Br)c(O)c1Oc1cccc(c1)CC2. The Kier molecular flexibility index (Phi) is 5.97. The van der Waals surface area contributed by atoms with Crippen LogP contribution in [0.1, 0.15) is 22.3 Å². The minimum absolute atomic E-state index is 0.104. The van der Waals surface area contributed by atoms with E-state index in [0.29, 0.717) is 33.9 Å². The molecule has 33 heavy (non-hydrogen) atoms. The number of phenolic OH excluding ortho intramolecular Hbond substituents is 2. The van der Waals surface area contributed by atoms with E-state index in [1.807, 2.05) is 66.7 Å². The Balaban J connectivity index is 1.55. The molecular weight excluding hydrogens is 480 g/mol. The molecule has 0 fully saturated rings. The van der Waals surface area contributed by atoms with Crippen molar-refractivity contribution < 1.29 is 19.7 Å². The number of rotatable bonds is 0. The Morgan fingerprint density at radius 2 is 1.36 bits per heavy atom. The van der Waals surface area contributed by atoms with Crippen LogP contribution in [0.4, 0.5) is 0 Å². The molecule has 0 saturated carbocycles. The highest BCUT2D eigenvalue weighted by Crippen LogP contribution is 2.41. The molecule has 6 rings (SSSR count). The van der Waals surface area contributed by atoms with Gasteiger partial charge in [0.1, 0.15) is 11.5 Å². The summed E-state index contributed by atoms with van der Waals surface area (Å²) in [6, 6.07) is 25.1. The molecule has 2 heterocycles. The van der Waals surface area contributed by atoms with E-state index < -0.39 is 0 Å². The van der Waals surface area contributed by atoms with Gasteiger partial charge in [0.05, 0.1) is 4.47 Å². The van der Waals surface area contributed by atoms with Crippen molar-refractivity contribution in [1.82, 2.24) is 0 Å². The molecule has 0 aliphatic carbocycles. The molecule has 4 nitrogen and oxygen atoms in total. The van der Waals surface area contributed by atoms with Crippen LogP contribution in [-0.2, 0) is 25.7 Å². The molecule has 5 heteroatoms. The second-order valence-electron chi connectivity index (χ2n) is 8.18. The van der Waals surface area contributed by atoms with Crippen molar-refractivity contribution in [2.45, 2.75) is 25.7 Å². The molecule has 0 spiro atoms. The first-order valence-electron chi connectivity index (χ1n) is 10.9. The Morgan fingerprint density at radius 1 is 0.636 bits per heavy atom. The molecule has 0 aromatic heterocycles. The Labute approximate surface area is 201 Å². The molecule has 2 aliphatic rings. The molecule has 0 atom stereocenters. The van der Waals surface area contributed by atoms with Crippen LogP contribution in [0.15, 0.2) is 83.3 Å². The normalized spacial score (nSPS) is 13.2. The van der Waals surface area contributed by atoms with Gasteiger partial charge in [0.25, 0.3) is 0 Å². The lowest BCUT2D eigenvalue weighted by molar-refractivity contribution is 0.404. The van der Waals surface area contributed by atoms with Crippen LogP contribution in [-0.4, -0.2) is 10.2 Å². The minimum Gasteiger partial charge on any atom is -0.504 e. The lowest BCUT2D eigenvalue weighted by Crippen LogP contribution is -1.98.